The lowest BCUT2D eigenvalue weighted by Crippen LogP contribution is -2.35. The summed E-state index contributed by atoms with van der Waals surface area (Å²) in [5, 5.41) is 0. The van der Waals surface area contributed by atoms with Crippen LogP contribution in [-0.4, -0.2) is 33.0 Å². The van der Waals surface area contributed by atoms with Gasteiger partial charge in [0.15, 0.2) is 0 Å². The van der Waals surface area contributed by atoms with E-state index in [9.17, 15) is 4.79 Å². The fraction of sp³-hybridized carbons (Fsp3) is 0.529. The van der Waals surface area contributed by atoms with Crippen molar-refractivity contribution in [2.75, 3.05) is 18.0 Å². The maximum absolute atomic E-state index is 11.6. The Bertz CT molecular complexity index is 777. The van der Waals surface area contributed by atoms with Crippen molar-refractivity contribution in [3.63, 3.8) is 0 Å². The molecule has 0 aromatic carbocycles. The number of aromatic amines is 1. The number of anilines is 1. The molecule has 6 heteroatoms. The van der Waals surface area contributed by atoms with Crippen LogP contribution in [-0.2, 0) is 12.8 Å². The number of nitrogens with zero attached hydrogens (tertiary/aromatic N) is 4. The number of rotatable bonds is 2. The second kappa shape index (κ2) is 5.76. The molecule has 23 heavy (non-hydrogen) atoms. The minimum atomic E-state index is -0.0523. The Morgan fingerprint density at radius 2 is 2.04 bits per heavy atom. The van der Waals surface area contributed by atoms with Crippen molar-refractivity contribution in [1.29, 1.82) is 0 Å². The summed E-state index contributed by atoms with van der Waals surface area (Å²) in [6.45, 7) is 3.76. The van der Waals surface area contributed by atoms with Gasteiger partial charge >= 0.3 is 0 Å². The Hall–Kier alpha value is -2.24. The number of fused-ring (bicyclic) bond motifs is 1. The molecule has 1 aliphatic heterocycles. The second-order valence-electron chi connectivity index (χ2n) is 6.49. The molecule has 0 unspecified atom stereocenters. The van der Waals surface area contributed by atoms with E-state index < -0.39 is 0 Å². The Balaban J connectivity index is 1.51. The van der Waals surface area contributed by atoms with E-state index in [-0.39, 0.29) is 5.56 Å². The van der Waals surface area contributed by atoms with Gasteiger partial charge in [0.1, 0.15) is 18.0 Å². The first-order chi connectivity index (χ1) is 11.2. The monoisotopic (exact) mass is 311 g/mol. The third-order valence-corrected chi connectivity index (χ3v) is 4.94. The van der Waals surface area contributed by atoms with E-state index in [0.29, 0.717) is 11.7 Å². The zero-order chi connectivity index (χ0) is 15.8. The Labute approximate surface area is 135 Å². The largest absolute Gasteiger partial charge is 0.356 e. The highest BCUT2D eigenvalue weighted by molar-refractivity contribution is 5.50. The predicted molar refractivity (Wildman–Crippen MR) is 87.8 cm³/mol. The zero-order valence-electron chi connectivity index (χ0n) is 13.4. The number of hydrogen-bond acceptors (Lipinski definition) is 5. The number of piperidine rings is 1. The summed E-state index contributed by atoms with van der Waals surface area (Å²) in [5.41, 5.74) is 3.45. The van der Waals surface area contributed by atoms with Gasteiger partial charge in [-0.15, -0.1) is 0 Å². The van der Waals surface area contributed by atoms with Crippen molar-refractivity contribution in [3.8, 4) is 0 Å². The predicted octanol–water partition coefficient (Wildman–Crippen LogP) is 1.74. The van der Waals surface area contributed by atoms with Crippen LogP contribution in [0.3, 0.4) is 0 Å². The van der Waals surface area contributed by atoms with Crippen molar-refractivity contribution < 1.29 is 0 Å². The highest BCUT2D eigenvalue weighted by Crippen LogP contribution is 2.32. The first-order valence-corrected chi connectivity index (χ1v) is 8.36. The molecular weight excluding hydrogens is 290 g/mol. The molecule has 0 saturated carbocycles. The number of hydrogen-bond donors (Lipinski definition) is 1. The molecule has 6 nitrogen and oxygen atoms in total. The molecular formula is C17H21N5O. The minimum absolute atomic E-state index is 0.0523. The molecule has 3 heterocycles. The van der Waals surface area contributed by atoms with Gasteiger partial charge in [-0.2, -0.15) is 0 Å². The molecule has 0 atom stereocenters. The number of nitrogens with one attached hydrogen (secondary N) is 1. The number of aromatic nitrogens is 4. The van der Waals surface area contributed by atoms with E-state index in [1.165, 1.54) is 17.7 Å². The van der Waals surface area contributed by atoms with E-state index in [1.807, 2.05) is 6.92 Å². The first kappa shape index (κ1) is 14.4. The number of aryl methyl sites for hydroxylation is 2. The third kappa shape index (κ3) is 2.73. The highest BCUT2D eigenvalue weighted by atomic mass is 16.1. The van der Waals surface area contributed by atoms with Gasteiger partial charge in [-0.1, -0.05) is 0 Å². The van der Waals surface area contributed by atoms with E-state index in [0.717, 1.165) is 50.3 Å². The first-order valence-electron chi connectivity index (χ1n) is 8.36. The van der Waals surface area contributed by atoms with E-state index in [4.69, 9.17) is 0 Å². The van der Waals surface area contributed by atoms with Crippen molar-refractivity contribution in [2.45, 2.75) is 44.9 Å². The van der Waals surface area contributed by atoms with Gasteiger partial charge in [0.25, 0.3) is 5.56 Å². The molecule has 4 rings (SSSR count). The maximum atomic E-state index is 11.6. The summed E-state index contributed by atoms with van der Waals surface area (Å²) < 4.78 is 0. The average Bonchev–Trinajstić information content (AvgIpc) is 3.02. The van der Waals surface area contributed by atoms with Gasteiger partial charge in [0, 0.05) is 36.3 Å². The van der Waals surface area contributed by atoms with Crippen LogP contribution >= 0.6 is 0 Å². The Kier molecular flexibility index (Phi) is 3.59. The van der Waals surface area contributed by atoms with Gasteiger partial charge in [-0.3, -0.25) is 4.79 Å². The van der Waals surface area contributed by atoms with Crippen molar-refractivity contribution in [2.24, 2.45) is 0 Å². The van der Waals surface area contributed by atoms with Gasteiger partial charge in [0.2, 0.25) is 0 Å². The standard InChI is InChI=1S/C17H21N5O/c1-11-20-15(9-16(23)21-11)12-5-7-22(8-6-12)17-13-3-2-4-14(13)18-10-19-17/h9-10,12H,2-8H2,1H3,(H,20,21,23). The molecule has 1 fully saturated rings. The van der Waals surface area contributed by atoms with Crippen LogP contribution in [0.15, 0.2) is 17.2 Å². The number of H-pyrrole nitrogens is 1. The topological polar surface area (TPSA) is 74.8 Å². The van der Waals surface area contributed by atoms with Gasteiger partial charge < -0.3 is 9.88 Å². The fourth-order valence-electron chi connectivity index (χ4n) is 3.81. The molecule has 1 N–H and O–H groups in total. The van der Waals surface area contributed by atoms with Crippen molar-refractivity contribution in [1.82, 2.24) is 19.9 Å². The van der Waals surface area contributed by atoms with Crippen LogP contribution < -0.4 is 10.5 Å². The highest BCUT2D eigenvalue weighted by Gasteiger charge is 2.26. The SMILES string of the molecule is Cc1nc(C2CCN(c3ncnc4c3CCC4)CC2)cc(=O)[nH]1. The minimum Gasteiger partial charge on any atom is -0.356 e. The van der Waals surface area contributed by atoms with E-state index in [1.54, 1.807) is 12.4 Å². The Morgan fingerprint density at radius 1 is 1.22 bits per heavy atom. The lowest BCUT2D eigenvalue weighted by atomic mass is 9.93. The maximum Gasteiger partial charge on any atom is 0.251 e. The zero-order valence-corrected chi connectivity index (χ0v) is 13.4. The molecule has 2 aromatic rings. The van der Waals surface area contributed by atoms with Crippen LogP contribution in [0.2, 0.25) is 0 Å². The smallest absolute Gasteiger partial charge is 0.251 e. The summed E-state index contributed by atoms with van der Waals surface area (Å²) in [4.78, 5) is 30.2. The molecule has 0 spiro atoms. The second-order valence-corrected chi connectivity index (χ2v) is 6.49. The van der Waals surface area contributed by atoms with E-state index >= 15 is 0 Å². The van der Waals surface area contributed by atoms with Crippen LogP contribution in [0.25, 0.3) is 0 Å². The molecule has 0 bridgehead atoms. The fourth-order valence-corrected chi connectivity index (χ4v) is 3.81. The van der Waals surface area contributed by atoms with Gasteiger partial charge in [0.05, 0.1) is 5.69 Å². The van der Waals surface area contributed by atoms with Crippen molar-refractivity contribution >= 4 is 5.82 Å². The molecule has 0 amide bonds. The molecule has 1 saturated heterocycles. The normalized spacial score (nSPS) is 18.2. The molecule has 0 radical (unpaired) electrons. The quantitative estimate of drug-likeness (QED) is 0.914. The lowest BCUT2D eigenvalue weighted by Gasteiger charge is -2.33. The summed E-state index contributed by atoms with van der Waals surface area (Å²) in [7, 11) is 0. The molecule has 120 valence electrons. The van der Waals surface area contributed by atoms with Gasteiger partial charge in [-0.05, 0) is 39.0 Å². The average molecular weight is 311 g/mol. The lowest BCUT2D eigenvalue weighted by molar-refractivity contribution is 0.490. The third-order valence-electron chi connectivity index (χ3n) is 4.94. The summed E-state index contributed by atoms with van der Waals surface area (Å²) in [5.74, 6) is 2.19. The van der Waals surface area contributed by atoms with Crippen LogP contribution in [0.5, 0.6) is 0 Å². The van der Waals surface area contributed by atoms with Gasteiger partial charge in [-0.25, -0.2) is 15.0 Å². The summed E-state index contributed by atoms with van der Waals surface area (Å²) in [6, 6.07) is 1.65. The van der Waals surface area contributed by atoms with Crippen LogP contribution in [0.4, 0.5) is 5.82 Å². The van der Waals surface area contributed by atoms with E-state index in [2.05, 4.69) is 24.8 Å². The summed E-state index contributed by atoms with van der Waals surface area (Å²) in [6.07, 6.45) is 7.08. The van der Waals surface area contributed by atoms with Crippen LogP contribution in [0.1, 0.15) is 48.0 Å². The molecule has 2 aliphatic rings. The summed E-state index contributed by atoms with van der Waals surface area (Å²) >= 11 is 0. The molecule has 1 aliphatic carbocycles. The Morgan fingerprint density at radius 3 is 2.83 bits per heavy atom. The van der Waals surface area contributed by atoms with Crippen molar-refractivity contribution in [3.05, 3.63) is 45.5 Å². The van der Waals surface area contributed by atoms with Crippen LogP contribution in [0, 0.1) is 6.92 Å². The molecule has 2 aromatic heterocycles.